The van der Waals surface area contributed by atoms with E-state index in [2.05, 4.69) is 4.72 Å². The van der Waals surface area contributed by atoms with Gasteiger partial charge in [0.2, 0.25) is 0 Å². The summed E-state index contributed by atoms with van der Waals surface area (Å²) in [7, 11) is -4.17. The number of nitrogens with zero attached hydrogens (tertiary/aromatic N) is 1. The average molecular weight is 451 g/mol. The number of carbonyl (C=O) groups is 2. The summed E-state index contributed by atoms with van der Waals surface area (Å²) in [4.78, 5) is 25.9. The zero-order valence-electron chi connectivity index (χ0n) is 16.7. The van der Waals surface area contributed by atoms with Crippen molar-refractivity contribution in [1.29, 1.82) is 0 Å². The Morgan fingerprint density at radius 3 is 2.37 bits per heavy atom. The molecule has 9 heteroatoms. The molecule has 1 aliphatic rings. The molecule has 2 aromatic carbocycles. The molecule has 2 aromatic rings. The molecule has 7 nitrogen and oxygen atoms in total. The molecule has 1 fully saturated rings. The Hall–Kier alpha value is -2.58. The lowest BCUT2D eigenvalue weighted by Crippen LogP contribution is -2.36. The molecule has 1 amide bonds. The Morgan fingerprint density at radius 2 is 1.73 bits per heavy atom. The van der Waals surface area contributed by atoms with E-state index >= 15 is 0 Å². The fourth-order valence-electron chi connectivity index (χ4n) is 3.48. The normalized spacial score (nSPS) is 14.4. The van der Waals surface area contributed by atoms with E-state index in [4.69, 9.17) is 11.6 Å². The number of aromatic carboxylic acids is 1. The Kier molecular flexibility index (Phi) is 6.38. The van der Waals surface area contributed by atoms with E-state index in [1.807, 2.05) is 0 Å². The maximum Gasteiger partial charge on any atom is 0.335 e. The molecule has 0 atom stereocenters. The highest BCUT2D eigenvalue weighted by Crippen LogP contribution is 2.28. The first-order chi connectivity index (χ1) is 14.1. The smallest absolute Gasteiger partial charge is 0.335 e. The minimum Gasteiger partial charge on any atom is -0.478 e. The Balaban J connectivity index is 2.03. The van der Waals surface area contributed by atoms with Gasteiger partial charge in [-0.05, 0) is 74.6 Å². The summed E-state index contributed by atoms with van der Waals surface area (Å²) >= 11 is 6.07. The third-order valence-electron chi connectivity index (χ3n) is 5.26. The molecule has 2 N–H and O–H groups in total. The molecule has 0 bridgehead atoms. The Morgan fingerprint density at radius 1 is 1.07 bits per heavy atom. The van der Waals surface area contributed by atoms with E-state index in [1.54, 1.807) is 18.7 Å². The lowest BCUT2D eigenvalue weighted by molar-refractivity contribution is 0.0694. The van der Waals surface area contributed by atoms with Gasteiger partial charge in [0.05, 0.1) is 21.7 Å². The van der Waals surface area contributed by atoms with Crippen LogP contribution in [0.5, 0.6) is 0 Å². The van der Waals surface area contributed by atoms with Gasteiger partial charge in [-0.2, -0.15) is 0 Å². The number of hydrogen-bond acceptors (Lipinski definition) is 4. The number of aryl methyl sites for hydroxylation is 1. The van der Waals surface area contributed by atoms with E-state index in [-0.39, 0.29) is 32.6 Å². The van der Waals surface area contributed by atoms with Crippen molar-refractivity contribution in [2.45, 2.75) is 38.0 Å². The van der Waals surface area contributed by atoms with Gasteiger partial charge in [-0.1, -0.05) is 11.6 Å². The molecule has 30 heavy (non-hydrogen) atoms. The largest absolute Gasteiger partial charge is 0.478 e. The Labute approximate surface area is 180 Å². The van der Waals surface area contributed by atoms with Crippen molar-refractivity contribution in [1.82, 2.24) is 4.90 Å². The lowest BCUT2D eigenvalue weighted by atomic mass is 10.1. The van der Waals surface area contributed by atoms with Gasteiger partial charge in [0, 0.05) is 18.1 Å². The van der Waals surface area contributed by atoms with Gasteiger partial charge in [-0.15, -0.1) is 0 Å². The van der Waals surface area contributed by atoms with E-state index < -0.39 is 16.0 Å². The maximum absolute atomic E-state index is 13.1. The third-order valence-corrected chi connectivity index (χ3v) is 6.98. The summed E-state index contributed by atoms with van der Waals surface area (Å²) in [6, 6.07) is 6.96. The second-order valence-electron chi connectivity index (χ2n) is 7.37. The van der Waals surface area contributed by atoms with Crippen LogP contribution in [0.2, 0.25) is 5.02 Å². The van der Waals surface area contributed by atoms with Crippen LogP contribution >= 0.6 is 11.6 Å². The van der Waals surface area contributed by atoms with Crippen LogP contribution in [0.4, 0.5) is 5.69 Å². The zero-order valence-corrected chi connectivity index (χ0v) is 18.3. The summed E-state index contributed by atoms with van der Waals surface area (Å²) in [5, 5.41) is 9.57. The second-order valence-corrected chi connectivity index (χ2v) is 9.46. The first kappa shape index (κ1) is 22.1. The van der Waals surface area contributed by atoms with Crippen LogP contribution in [0.1, 0.15) is 51.1 Å². The van der Waals surface area contributed by atoms with Crippen LogP contribution in [0.25, 0.3) is 0 Å². The molecule has 0 aliphatic carbocycles. The van der Waals surface area contributed by atoms with Crippen molar-refractivity contribution in [2.24, 2.45) is 0 Å². The third kappa shape index (κ3) is 4.60. The number of benzene rings is 2. The van der Waals surface area contributed by atoms with Gasteiger partial charge >= 0.3 is 5.97 Å². The van der Waals surface area contributed by atoms with E-state index in [0.717, 1.165) is 25.3 Å². The van der Waals surface area contributed by atoms with Gasteiger partial charge in [-0.25, -0.2) is 13.2 Å². The topological polar surface area (TPSA) is 104 Å². The van der Waals surface area contributed by atoms with Crippen molar-refractivity contribution in [3.8, 4) is 0 Å². The molecule has 0 spiro atoms. The molecule has 0 radical (unpaired) electrons. The number of carboxylic acids is 1. The quantitative estimate of drug-likeness (QED) is 0.714. The van der Waals surface area contributed by atoms with Gasteiger partial charge in [0.15, 0.2) is 0 Å². The first-order valence-corrected chi connectivity index (χ1v) is 11.4. The lowest BCUT2D eigenvalue weighted by Gasteiger charge is -2.27. The fraction of sp³-hybridized carbons (Fsp3) is 0.333. The molecule has 1 aliphatic heterocycles. The van der Waals surface area contributed by atoms with Crippen LogP contribution < -0.4 is 4.72 Å². The number of hydrogen-bond donors (Lipinski definition) is 2. The number of carbonyl (C=O) groups excluding carboxylic acids is 1. The maximum atomic E-state index is 13.1. The molecule has 0 unspecified atom stereocenters. The molecular weight excluding hydrogens is 428 g/mol. The number of rotatable bonds is 5. The van der Waals surface area contributed by atoms with Crippen LogP contribution in [0, 0.1) is 13.8 Å². The molecule has 3 rings (SSSR count). The second kappa shape index (κ2) is 8.65. The van der Waals surface area contributed by atoms with Gasteiger partial charge in [0.25, 0.3) is 15.9 Å². The van der Waals surface area contributed by atoms with Gasteiger partial charge in [0.1, 0.15) is 0 Å². The molecular formula is C21H23ClN2O5S. The van der Waals surface area contributed by atoms with Crippen LogP contribution in [-0.4, -0.2) is 43.4 Å². The minimum absolute atomic E-state index is 0.0656. The SMILES string of the molecule is Cc1cc(C(=O)O)cc(S(=O)(=O)Nc2cc(Cl)ccc2C(=O)N2CCCCC2)c1C. The molecule has 0 saturated carbocycles. The summed E-state index contributed by atoms with van der Waals surface area (Å²) in [6.45, 7) is 4.48. The first-order valence-electron chi connectivity index (χ1n) is 9.56. The number of halogens is 1. The predicted molar refractivity (Wildman–Crippen MR) is 115 cm³/mol. The van der Waals surface area contributed by atoms with Crippen molar-refractivity contribution >= 4 is 39.2 Å². The predicted octanol–water partition coefficient (Wildman–Crippen LogP) is 4.08. The molecule has 160 valence electrons. The Bertz CT molecular complexity index is 1110. The number of carboxylic acid groups (broad SMARTS) is 1. The zero-order chi connectivity index (χ0) is 22.1. The van der Waals surface area contributed by atoms with Crippen LogP contribution in [-0.2, 0) is 10.0 Å². The monoisotopic (exact) mass is 450 g/mol. The highest BCUT2D eigenvalue weighted by atomic mass is 35.5. The van der Waals surface area contributed by atoms with Crippen molar-refractivity contribution in [3.63, 3.8) is 0 Å². The van der Waals surface area contributed by atoms with E-state index in [0.29, 0.717) is 24.2 Å². The van der Waals surface area contributed by atoms with E-state index in [1.165, 1.54) is 24.3 Å². The number of likely N-dealkylation sites (tertiary alicyclic amines) is 1. The summed E-state index contributed by atoms with van der Waals surface area (Å²) in [5.41, 5.74) is 1.10. The van der Waals surface area contributed by atoms with Gasteiger partial charge < -0.3 is 10.0 Å². The summed E-state index contributed by atoms with van der Waals surface area (Å²) in [6.07, 6.45) is 2.87. The average Bonchev–Trinajstić information content (AvgIpc) is 2.69. The van der Waals surface area contributed by atoms with Crippen LogP contribution in [0.15, 0.2) is 35.2 Å². The number of amides is 1. The molecule has 1 heterocycles. The van der Waals surface area contributed by atoms with Crippen LogP contribution in [0.3, 0.4) is 0 Å². The highest BCUT2D eigenvalue weighted by molar-refractivity contribution is 7.92. The van der Waals surface area contributed by atoms with Gasteiger partial charge in [-0.3, -0.25) is 9.52 Å². The minimum atomic E-state index is -4.17. The standard InChI is InChI=1S/C21H23ClN2O5S/c1-13-10-15(21(26)27)11-19(14(13)2)30(28,29)23-18-12-16(22)6-7-17(18)20(25)24-8-4-3-5-9-24/h6-7,10-12,23H,3-5,8-9H2,1-2H3,(H,26,27). The van der Waals surface area contributed by atoms with Crippen molar-refractivity contribution in [3.05, 3.63) is 57.6 Å². The fourth-order valence-corrected chi connectivity index (χ4v) is 5.07. The van der Waals surface area contributed by atoms with E-state index in [9.17, 15) is 23.1 Å². The summed E-state index contributed by atoms with van der Waals surface area (Å²) < 4.78 is 28.7. The van der Waals surface area contributed by atoms with Crippen molar-refractivity contribution < 1.29 is 23.1 Å². The molecule has 0 aromatic heterocycles. The molecule has 1 saturated heterocycles. The summed E-state index contributed by atoms with van der Waals surface area (Å²) in [5.74, 6) is -1.49. The number of piperidine rings is 1. The highest BCUT2D eigenvalue weighted by Gasteiger charge is 2.26. The van der Waals surface area contributed by atoms with Crippen molar-refractivity contribution in [2.75, 3.05) is 17.8 Å². The number of sulfonamides is 1. The number of nitrogens with one attached hydrogen (secondary N) is 1. The number of anilines is 1.